The highest BCUT2D eigenvalue weighted by molar-refractivity contribution is 7.10. The van der Waals surface area contributed by atoms with Gasteiger partial charge in [-0.1, -0.05) is 6.07 Å². The van der Waals surface area contributed by atoms with Crippen LogP contribution >= 0.6 is 11.3 Å². The van der Waals surface area contributed by atoms with E-state index in [0.717, 1.165) is 19.6 Å². The molecule has 0 aromatic carbocycles. The van der Waals surface area contributed by atoms with Crippen molar-refractivity contribution < 1.29 is 9.53 Å². The van der Waals surface area contributed by atoms with Gasteiger partial charge in [0, 0.05) is 23.9 Å². The van der Waals surface area contributed by atoms with Crippen LogP contribution in [-0.2, 0) is 9.53 Å². The van der Waals surface area contributed by atoms with Crippen molar-refractivity contribution in [2.75, 3.05) is 13.2 Å². The molecule has 104 valence electrons. The lowest BCUT2D eigenvalue weighted by Crippen LogP contribution is -2.36. The van der Waals surface area contributed by atoms with Crippen LogP contribution in [-0.4, -0.2) is 36.1 Å². The molecule has 0 radical (unpaired) electrons. The first kappa shape index (κ1) is 13.1. The summed E-state index contributed by atoms with van der Waals surface area (Å²) >= 11 is 1.70. The lowest BCUT2D eigenvalue weighted by molar-refractivity contribution is -0.130. The summed E-state index contributed by atoms with van der Waals surface area (Å²) in [6.45, 7) is 5.66. The van der Waals surface area contributed by atoms with Gasteiger partial charge in [-0.25, -0.2) is 0 Å². The highest BCUT2D eigenvalue weighted by atomic mass is 32.1. The largest absolute Gasteiger partial charge is 0.378 e. The van der Waals surface area contributed by atoms with E-state index in [-0.39, 0.29) is 24.2 Å². The predicted octanol–water partition coefficient (Wildman–Crippen LogP) is 1.99. The zero-order chi connectivity index (χ0) is 13.4. The van der Waals surface area contributed by atoms with Crippen molar-refractivity contribution in [1.82, 2.24) is 10.2 Å². The Balaban J connectivity index is 1.78. The quantitative estimate of drug-likeness (QED) is 0.920. The van der Waals surface area contributed by atoms with E-state index < -0.39 is 0 Å². The first-order valence-corrected chi connectivity index (χ1v) is 7.76. The third kappa shape index (κ3) is 2.42. The zero-order valence-electron chi connectivity index (χ0n) is 11.3. The summed E-state index contributed by atoms with van der Waals surface area (Å²) in [7, 11) is 0. The molecule has 0 aliphatic carbocycles. The Morgan fingerprint density at radius 2 is 2.37 bits per heavy atom. The van der Waals surface area contributed by atoms with Gasteiger partial charge in [-0.05, 0) is 31.7 Å². The zero-order valence-corrected chi connectivity index (χ0v) is 12.2. The van der Waals surface area contributed by atoms with Gasteiger partial charge in [0.15, 0.2) is 0 Å². The summed E-state index contributed by atoms with van der Waals surface area (Å²) in [6, 6.07) is 4.04. The van der Waals surface area contributed by atoms with E-state index in [9.17, 15) is 4.79 Å². The van der Waals surface area contributed by atoms with E-state index in [1.807, 2.05) is 17.9 Å². The molecule has 5 heteroatoms. The van der Waals surface area contributed by atoms with Crippen LogP contribution < -0.4 is 5.32 Å². The first-order chi connectivity index (χ1) is 9.16. The van der Waals surface area contributed by atoms with Crippen molar-refractivity contribution in [3.63, 3.8) is 0 Å². The van der Waals surface area contributed by atoms with Gasteiger partial charge in [-0.3, -0.25) is 10.1 Å². The van der Waals surface area contributed by atoms with Gasteiger partial charge in [0.1, 0.15) is 6.17 Å². The topological polar surface area (TPSA) is 41.6 Å². The molecule has 2 aliphatic heterocycles. The molecule has 4 nitrogen and oxygen atoms in total. The summed E-state index contributed by atoms with van der Waals surface area (Å²) in [5.41, 5.74) is 0. The van der Waals surface area contributed by atoms with Crippen LogP contribution in [0.1, 0.15) is 31.3 Å². The van der Waals surface area contributed by atoms with Gasteiger partial charge < -0.3 is 9.64 Å². The van der Waals surface area contributed by atoms with Crippen LogP contribution in [0.2, 0.25) is 0 Å². The van der Waals surface area contributed by atoms with Crippen LogP contribution in [0.25, 0.3) is 0 Å². The minimum absolute atomic E-state index is 0.0373. The highest BCUT2D eigenvalue weighted by Gasteiger charge is 2.40. The summed E-state index contributed by atoms with van der Waals surface area (Å²) in [6.07, 6.45) is 1.35. The molecule has 1 aromatic rings. The summed E-state index contributed by atoms with van der Waals surface area (Å²) in [4.78, 5) is 15.5. The lowest BCUT2D eigenvalue weighted by Gasteiger charge is -2.27. The van der Waals surface area contributed by atoms with Gasteiger partial charge in [-0.2, -0.15) is 0 Å². The Morgan fingerprint density at radius 3 is 3.00 bits per heavy atom. The van der Waals surface area contributed by atoms with Gasteiger partial charge >= 0.3 is 0 Å². The maximum Gasteiger partial charge on any atom is 0.241 e. The molecule has 4 unspecified atom stereocenters. The monoisotopic (exact) mass is 280 g/mol. The van der Waals surface area contributed by atoms with Crippen molar-refractivity contribution in [2.45, 2.75) is 38.6 Å². The van der Waals surface area contributed by atoms with Gasteiger partial charge in [0.25, 0.3) is 0 Å². The Kier molecular flexibility index (Phi) is 3.60. The molecular formula is C14H20N2O2S. The van der Waals surface area contributed by atoms with Crippen LogP contribution in [0.3, 0.4) is 0 Å². The second kappa shape index (κ2) is 5.23. The van der Waals surface area contributed by atoms with Crippen molar-refractivity contribution >= 4 is 17.2 Å². The van der Waals surface area contributed by atoms with Gasteiger partial charge in [0.05, 0.1) is 12.1 Å². The average Bonchev–Trinajstić information content (AvgIpc) is 3.08. The van der Waals surface area contributed by atoms with E-state index in [2.05, 4.69) is 23.7 Å². The van der Waals surface area contributed by atoms with Gasteiger partial charge in [0.2, 0.25) is 5.91 Å². The molecule has 3 heterocycles. The van der Waals surface area contributed by atoms with Crippen LogP contribution in [0.15, 0.2) is 17.5 Å². The Labute approximate surface area is 117 Å². The molecule has 0 bridgehead atoms. The number of rotatable bonds is 3. The fraction of sp³-hybridized carbons (Fsp3) is 0.643. The standard InChI is InChI=1S/C14H20N2O2S/c1-9-14(17)16(8-11-5-6-18-10(11)2)13(15-9)12-4-3-7-19-12/h3-4,7,9-11,13,15H,5-6,8H2,1-2H3. The number of nitrogens with zero attached hydrogens (tertiary/aromatic N) is 1. The summed E-state index contributed by atoms with van der Waals surface area (Å²) in [5, 5.41) is 5.45. The van der Waals surface area contributed by atoms with Crippen molar-refractivity contribution in [3.05, 3.63) is 22.4 Å². The molecular weight excluding hydrogens is 260 g/mol. The number of ether oxygens (including phenoxy) is 1. The third-order valence-corrected chi connectivity index (χ3v) is 5.07. The third-order valence-electron chi connectivity index (χ3n) is 4.15. The van der Waals surface area contributed by atoms with E-state index >= 15 is 0 Å². The first-order valence-electron chi connectivity index (χ1n) is 6.88. The molecule has 19 heavy (non-hydrogen) atoms. The van der Waals surface area contributed by atoms with E-state index in [1.54, 1.807) is 11.3 Å². The highest BCUT2D eigenvalue weighted by Crippen LogP contribution is 2.31. The smallest absolute Gasteiger partial charge is 0.241 e. The number of carbonyl (C=O) groups is 1. The van der Waals surface area contributed by atoms with Crippen molar-refractivity contribution in [3.8, 4) is 0 Å². The number of amides is 1. The molecule has 3 rings (SSSR count). The fourth-order valence-corrected chi connectivity index (χ4v) is 3.72. The maximum absolute atomic E-state index is 12.3. The summed E-state index contributed by atoms with van der Waals surface area (Å²) < 4.78 is 5.61. The fourth-order valence-electron chi connectivity index (χ4n) is 2.92. The number of nitrogens with one attached hydrogen (secondary N) is 1. The Bertz CT molecular complexity index is 448. The van der Waals surface area contributed by atoms with Crippen molar-refractivity contribution in [1.29, 1.82) is 0 Å². The van der Waals surface area contributed by atoms with Crippen LogP contribution in [0.4, 0.5) is 0 Å². The van der Waals surface area contributed by atoms with Crippen LogP contribution in [0.5, 0.6) is 0 Å². The number of thiophene rings is 1. The van der Waals surface area contributed by atoms with Crippen molar-refractivity contribution in [2.24, 2.45) is 5.92 Å². The van der Waals surface area contributed by atoms with Crippen LogP contribution in [0, 0.1) is 5.92 Å². The van der Waals surface area contributed by atoms with E-state index in [1.165, 1.54) is 4.88 Å². The molecule has 1 aromatic heterocycles. The minimum atomic E-state index is -0.0928. The molecule has 0 spiro atoms. The molecule has 1 N–H and O–H groups in total. The average molecular weight is 280 g/mol. The molecule has 0 saturated carbocycles. The molecule has 2 saturated heterocycles. The van der Waals surface area contributed by atoms with E-state index in [4.69, 9.17) is 4.74 Å². The lowest BCUT2D eigenvalue weighted by atomic mass is 10.0. The van der Waals surface area contributed by atoms with Gasteiger partial charge in [-0.15, -0.1) is 11.3 Å². The molecule has 2 aliphatic rings. The molecule has 2 fully saturated rings. The summed E-state index contributed by atoms with van der Waals surface area (Å²) in [5.74, 6) is 0.663. The number of hydrogen-bond donors (Lipinski definition) is 1. The van der Waals surface area contributed by atoms with E-state index in [0.29, 0.717) is 5.92 Å². The SMILES string of the molecule is CC1NC(c2cccs2)N(CC2CCOC2C)C1=O. The molecule has 4 atom stereocenters. The second-order valence-electron chi connectivity index (χ2n) is 5.42. The second-order valence-corrected chi connectivity index (χ2v) is 6.40. The predicted molar refractivity (Wildman–Crippen MR) is 74.9 cm³/mol. The maximum atomic E-state index is 12.3. The normalized spacial score (nSPS) is 35.3. The number of hydrogen-bond acceptors (Lipinski definition) is 4. The Morgan fingerprint density at radius 1 is 1.53 bits per heavy atom. The minimum Gasteiger partial charge on any atom is -0.378 e. The molecule has 1 amide bonds. The Hall–Kier alpha value is -0.910. The number of carbonyl (C=O) groups excluding carboxylic acids is 1.